The molecule has 1 aromatic rings. The molecule has 1 aromatic heterocycles. The highest BCUT2D eigenvalue weighted by molar-refractivity contribution is 7.12. The molecule has 0 spiro atoms. The van der Waals surface area contributed by atoms with Crippen LogP contribution in [0.1, 0.15) is 28.7 Å². The van der Waals surface area contributed by atoms with Gasteiger partial charge in [0.2, 0.25) is 0 Å². The van der Waals surface area contributed by atoms with Crippen molar-refractivity contribution in [2.45, 2.75) is 32.9 Å². The fourth-order valence-electron chi connectivity index (χ4n) is 1.93. The number of thiophene rings is 1. The summed E-state index contributed by atoms with van der Waals surface area (Å²) in [6.07, 6.45) is 1.46. The lowest BCUT2D eigenvalue weighted by molar-refractivity contribution is -0.142. The van der Waals surface area contributed by atoms with Gasteiger partial charge in [-0.15, -0.1) is 11.3 Å². The summed E-state index contributed by atoms with van der Waals surface area (Å²) < 4.78 is 10.3. The predicted molar refractivity (Wildman–Crippen MR) is 70.6 cm³/mol. The molecular formula is C13H19NO3S. The molecule has 5 heteroatoms. The van der Waals surface area contributed by atoms with Gasteiger partial charge in [-0.3, -0.25) is 4.79 Å². The summed E-state index contributed by atoms with van der Waals surface area (Å²) in [5, 5.41) is 3.27. The van der Waals surface area contributed by atoms with Crippen molar-refractivity contribution < 1.29 is 14.3 Å². The summed E-state index contributed by atoms with van der Waals surface area (Å²) in [6, 6.07) is 2.20. The van der Waals surface area contributed by atoms with Gasteiger partial charge in [-0.2, -0.15) is 0 Å². The minimum Gasteiger partial charge on any atom is -0.466 e. The zero-order chi connectivity index (χ0) is 12.8. The fourth-order valence-corrected chi connectivity index (χ4v) is 3.06. The van der Waals surface area contributed by atoms with E-state index >= 15 is 0 Å². The van der Waals surface area contributed by atoms with Gasteiger partial charge in [0.1, 0.15) is 0 Å². The number of ether oxygens (including phenoxy) is 2. The highest BCUT2D eigenvalue weighted by atomic mass is 32.1. The molecule has 0 amide bonds. The lowest BCUT2D eigenvalue weighted by Gasteiger charge is -2.10. The molecule has 2 rings (SSSR count). The highest BCUT2D eigenvalue weighted by Crippen LogP contribution is 2.26. The number of rotatable bonds is 6. The Kier molecular flexibility index (Phi) is 5.16. The standard InChI is InChI=1S/C13H19NO3S/c1-2-17-13(15)3-5-14-8-11-7-10-9-16-6-4-12(10)18-11/h7,14H,2-6,8-9H2,1H3. The van der Waals surface area contributed by atoms with Crippen LogP contribution in [0, 0.1) is 0 Å². The first kappa shape index (κ1) is 13.5. The van der Waals surface area contributed by atoms with E-state index in [0.717, 1.165) is 26.2 Å². The molecule has 1 aliphatic rings. The number of carbonyl (C=O) groups is 1. The van der Waals surface area contributed by atoms with E-state index in [0.29, 0.717) is 19.6 Å². The third-order valence-corrected chi connectivity index (χ3v) is 4.03. The van der Waals surface area contributed by atoms with Crippen LogP contribution < -0.4 is 5.32 Å². The van der Waals surface area contributed by atoms with E-state index in [9.17, 15) is 4.79 Å². The van der Waals surface area contributed by atoms with Crippen LogP contribution in [0.3, 0.4) is 0 Å². The molecule has 0 fully saturated rings. The quantitative estimate of drug-likeness (QED) is 0.632. The maximum absolute atomic E-state index is 11.1. The van der Waals surface area contributed by atoms with Gasteiger partial charge in [-0.1, -0.05) is 0 Å². The third-order valence-electron chi connectivity index (χ3n) is 2.79. The first-order valence-electron chi connectivity index (χ1n) is 6.34. The Balaban J connectivity index is 1.70. The SMILES string of the molecule is CCOC(=O)CCNCc1cc2c(s1)CCOC2. The van der Waals surface area contributed by atoms with Crippen molar-refractivity contribution in [1.29, 1.82) is 0 Å². The van der Waals surface area contributed by atoms with Crippen LogP contribution in [0.2, 0.25) is 0 Å². The average Bonchev–Trinajstić information content (AvgIpc) is 2.77. The van der Waals surface area contributed by atoms with E-state index in [1.54, 1.807) is 0 Å². The summed E-state index contributed by atoms with van der Waals surface area (Å²) in [4.78, 5) is 13.9. The molecule has 1 aliphatic heterocycles. The highest BCUT2D eigenvalue weighted by Gasteiger charge is 2.13. The van der Waals surface area contributed by atoms with Gasteiger partial charge in [0.05, 0.1) is 26.2 Å². The van der Waals surface area contributed by atoms with Crippen LogP contribution in [0.15, 0.2) is 6.07 Å². The first-order chi connectivity index (χ1) is 8.79. The molecule has 0 saturated carbocycles. The largest absolute Gasteiger partial charge is 0.466 e. The third kappa shape index (κ3) is 3.80. The normalized spacial score (nSPS) is 14.3. The Labute approximate surface area is 111 Å². The lowest BCUT2D eigenvalue weighted by atomic mass is 10.2. The molecule has 0 aromatic carbocycles. The summed E-state index contributed by atoms with van der Waals surface area (Å²) in [5.74, 6) is -0.135. The molecule has 0 radical (unpaired) electrons. The Morgan fingerprint density at radius 2 is 2.50 bits per heavy atom. The summed E-state index contributed by atoms with van der Waals surface area (Å²) in [7, 11) is 0. The fraction of sp³-hybridized carbons (Fsp3) is 0.615. The van der Waals surface area contributed by atoms with Crippen molar-refractivity contribution in [2.24, 2.45) is 0 Å². The average molecular weight is 269 g/mol. The summed E-state index contributed by atoms with van der Waals surface area (Å²) in [6.45, 7) is 5.34. The maximum atomic E-state index is 11.1. The number of hydrogen-bond acceptors (Lipinski definition) is 5. The van der Waals surface area contributed by atoms with Crippen LogP contribution in [0.25, 0.3) is 0 Å². The van der Waals surface area contributed by atoms with E-state index < -0.39 is 0 Å². The number of nitrogens with one attached hydrogen (secondary N) is 1. The Morgan fingerprint density at radius 1 is 1.61 bits per heavy atom. The summed E-state index contributed by atoms with van der Waals surface area (Å²) >= 11 is 1.85. The number of hydrogen-bond donors (Lipinski definition) is 1. The lowest BCUT2D eigenvalue weighted by Crippen LogP contribution is -2.18. The Hall–Kier alpha value is -0.910. The van der Waals surface area contributed by atoms with Crippen LogP contribution in [0.4, 0.5) is 0 Å². The molecule has 2 heterocycles. The molecule has 0 aliphatic carbocycles. The van der Waals surface area contributed by atoms with E-state index in [4.69, 9.17) is 9.47 Å². The monoisotopic (exact) mass is 269 g/mol. The van der Waals surface area contributed by atoms with Gasteiger partial charge >= 0.3 is 5.97 Å². The molecule has 0 unspecified atom stereocenters. The molecule has 4 nitrogen and oxygen atoms in total. The first-order valence-corrected chi connectivity index (χ1v) is 7.15. The minimum atomic E-state index is -0.135. The molecule has 0 atom stereocenters. The Morgan fingerprint density at radius 3 is 3.28 bits per heavy atom. The van der Waals surface area contributed by atoms with Crippen molar-refractivity contribution in [1.82, 2.24) is 5.32 Å². The molecule has 100 valence electrons. The second-order valence-corrected chi connectivity index (χ2v) is 5.42. The molecule has 18 heavy (non-hydrogen) atoms. The minimum absolute atomic E-state index is 0.135. The van der Waals surface area contributed by atoms with E-state index in [2.05, 4.69) is 11.4 Å². The van der Waals surface area contributed by atoms with Crippen LogP contribution in [0.5, 0.6) is 0 Å². The van der Waals surface area contributed by atoms with E-state index in [-0.39, 0.29) is 5.97 Å². The molecule has 1 N–H and O–H groups in total. The van der Waals surface area contributed by atoms with Crippen molar-refractivity contribution in [2.75, 3.05) is 19.8 Å². The van der Waals surface area contributed by atoms with Crippen molar-refractivity contribution in [3.8, 4) is 0 Å². The van der Waals surface area contributed by atoms with Crippen molar-refractivity contribution in [3.63, 3.8) is 0 Å². The second-order valence-electron chi connectivity index (χ2n) is 4.20. The topological polar surface area (TPSA) is 47.6 Å². The number of esters is 1. The van der Waals surface area contributed by atoms with Gasteiger partial charge < -0.3 is 14.8 Å². The van der Waals surface area contributed by atoms with Gasteiger partial charge in [-0.05, 0) is 18.6 Å². The molecular weight excluding hydrogens is 250 g/mol. The van der Waals surface area contributed by atoms with Crippen molar-refractivity contribution >= 4 is 17.3 Å². The van der Waals surface area contributed by atoms with Gasteiger partial charge in [0.15, 0.2) is 0 Å². The van der Waals surface area contributed by atoms with Crippen molar-refractivity contribution in [3.05, 3.63) is 21.4 Å². The number of fused-ring (bicyclic) bond motifs is 1. The van der Waals surface area contributed by atoms with Gasteiger partial charge in [0.25, 0.3) is 0 Å². The van der Waals surface area contributed by atoms with Crippen LogP contribution in [-0.4, -0.2) is 25.7 Å². The zero-order valence-corrected chi connectivity index (χ0v) is 11.5. The van der Waals surface area contributed by atoms with E-state index in [1.807, 2.05) is 18.3 Å². The molecule has 0 saturated heterocycles. The van der Waals surface area contributed by atoms with Gasteiger partial charge in [0, 0.05) is 29.3 Å². The smallest absolute Gasteiger partial charge is 0.307 e. The van der Waals surface area contributed by atoms with E-state index in [1.165, 1.54) is 15.3 Å². The maximum Gasteiger partial charge on any atom is 0.307 e. The van der Waals surface area contributed by atoms with Crippen LogP contribution in [-0.2, 0) is 33.8 Å². The Bertz CT molecular complexity index is 379. The second kappa shape index (κ2) is 6.87. The predicted octanol–water partition coefficient (Wildman–Crippen LogP) is 1.86. The summed E-state index contributed by atoms with van der Waals surface area (Å²) in [5.41, 5.74) is 1.33. The number of carbonyl (C=O) groups excluding carboxylic acids is 1. The van der Waals surface area contributed by atoms with Crippen LogP contribution >= 0.6 is 11.3 Å². The molecule has 0 bridgehead atoms. The zero-order valence-electron chi connectivity index (χ0n) is 10.7. The van der Waals surface area contributed by atoms with Gasteiger partial charge in [-0.25, -0.2) is 0 Å².